The second-order valence-corrected chi connectivity index (χ2v) is 8.15. The van der Waals surface area contributed by atoms with Crippen LogP contribution >= 0.6 is 45.2 Å². The second kappa shape index (κ2) is 8.42. The number of carbonyl (C=O) groups is 2. The van der Waals surface area contributed by atoms with Gasteiger partial charge >= 0.3 is 0 Å². The van der Waals surface area contributed by atoms with Crippen molar-refractivity contribution in [2.24, 2.45) is 0 Å². The molecule has 8 heteroatoms. The molecule has 136 valence electrons. The maximum Gasteiger partial charge on any atom is 0.239 e. The molecule has 0 aliphatic carbocycles. The van der Waals surface area contributed by atoms with E-state index in [-0.39, 0.29) is 30.5 Å². The number of amides is 2. The van der Waals surface area contributed by atoms with E-state index in [0.29, 0.717) is 24.6 Å². The van der Waals surface area contributed by atoms with Gasteiger partial charge in [-0.3, -0.25) is 9.59 Å². The van der Waals surface area contributed by atoms with Gasteiger partial charge in [-0.1, -0.05) is 0 Å². The number of carbonyl (C=O) groups excluding carboxylic acids is 2. The zero-order chi connectivity index (χ0) is 18.7. The molecule has 0 radical (unpaired) electrons. The lowest BCUT2D eigenvalue weighted by Gasteiger charge is -2.26. The van der Waals surface area contributed by atoms with Crippen LogP contribution in [0.2, 0.25) is 0 Å². The van der Waals surface area contributed by atoms with Crippen molar-refractivity contribution in [2.75, 3.05) is 19.6 Å². The van der Waals surface area contributed by atoms with Crippen LogP contribution in [0.3, 0.4) is 0 Å². The highest BCUT2D eigenvalue weighted by atomic mass is 127. The molecule has 2 aromatic carbocycles. The molecule has 6 nitrogen and oxygen atoms in total. The van der Waals surface area contributed by atoms with Crippen LogP contribution in [0.5, 0.6) is 17.2 Å². The fraction of sp³-hybridized carbons (Fsp3) is 0.222. The first-order chi connectivity index (χ1) is 12.4. The molecule has 1 aliphatic heterocycles. The van der Waals surface area contributed by atoms with E-state index in [2.05, 4.69) is 50.5 Å². The van der Waals surface area contributed by atoms with Crippen molar-refractivity contribution in [3.05, 3.63) is 49.1 Å². The predicted octanol–water partition coefficient (Wildman–Crippen LogP) is 2.89. The van der Waals surface area contributed by atoms with E-state index in [1.165, 1.54) is 0 Å². The molecular weight excluding hydrogens is 562 g/mol. The molecule has 0 spiro atoms. The van der Waals surface area contributed by atoms with Gasteiger partial charge in [-0.15, -0.1) is 0 Å². The summed E-state index contributed by atoms with van der Waals surface area (Å²) >= 11 is 4.36. The molecule has 2 N–H and O–H groups in total. The van der Waals surface area contributed by atoms with Crippen LogP contribution in [0.25, 0.3) is 0 Å². The average Bonchev–Trinajstić information content (AvgIpc) is 2.60. The van der Waals surface area contributed by atoms with Crippen molar-refractivity contribution in [1.82, 2.24) is 10.2 Å². The number of phenols is 1. The highest BCUT2D eigenvalue weighted by molar-refractivity contribution is 14.1. The number of nitrogens with zero attached hydrogens (tertiary/aromatic N) is 1. The zero-order valence-electron chi connectivity index (χ0n) is 13.7. The summed E-state index contributed by atoms with van der Waals surface area (Å²) in [5.41, 5.74) is 0.882. The Kier molecular flexibility index (Phi) is 6.22. The van der Waals surface area contributed by atoms with Gasteiger partial charge < -0.3 is 20.1 Å². The van der Waals surface area contributed by atoms with Crippen LogP contribution in [-0.2, 0) is 16.0 Å². The van der Waals surface area contributed by atoms with Gasteiger partial charge in [0.2, 0.25) is 11.8 Å². The maximum atomic E-state index is 12.4. The molecule has 0 aromatic heterocycles. The van der Waals surface area contributed by atoms with Crippen LogP contribution < -0.4 is 10.1 Å². The van der Waals surface area contributed by atoms with E-state index in [9.17, 15) is 14.7 Å². The van der Waals surface area contributed by atoms with Crippen molar-refractivity contribution in [3.8, 4) is 17.2 Å². The van der Waals surface area contributed by atoms with E-state index in [1.807, 2.05) is 12.1 Å². The quantitative estimate of drug-likeness (QED) is 0.548. The highest BCUT2D eigenvalue weighted by Crippen LogP contribution is 2.33. The summed E-state index contributed by atoms with van der Waals surface area (Å²) in [4.78, 5) is 25.5. The largest absolute Gasteiger partial charge is 0.508 e. The van der Waals surface area contributed by atoms with E-state index in [1.54, 1.807) is 29.2 Å². The van der Waals surface area contributed by atoms with Crippen molar-refractivity contribution >= 4 is 57.0 Å². The third kappa shape index (κ3) is 4.78. The van der Waals surface area contributed by atoms with Gasteiger partial charge in [-0.2, -0.15) is 0 Å². The van der Waals surface area contributed by atoms with Crippen LogP contribution in [0.4, 0.5) is 0 Å². The lowest BCUT2D eigenvalue weighted by molar-refractivity contribution is -0.137. The first-order valence-electron chi connectivity index (χ1n) is 7.91. The van der Waals surface area contributed by atoms with E-state index in [0.717, 1.165) is 12.7 Å². The molecule has 1 aliphatic rings. The predicted molar refractivity (Wildman–Crippen MR) is 113 cm³/mol. The highest BCUT2D eigenvalue weighted by Gasteiger charge is 2.22. The summed E-state index contributed by atoms with van der Waals surface area (Å²) in [6, 6.07) is 10.4. The van der Waals surface area contributed by atoms with Crippen LogP contribution in [0.15, 0.2) is 36.4 Å². The third-order valence-electron chi connectivity index (χ3n) is 3.86. The Morgan fingerprint density at radius 3 is 2.46 bits per heavy atom. The number of phenolic OH excluding ortho intramolecular Hbond substituents is 1. The summed E-state index contributed by atoms with van der Waals surface area (Å²) in [6.07, 6.45) is 0.249. The lowest BCUT2D eigenvalue weighted by Crippen LogP contribution is -2.50. The zero-order valence-corrected chi connectivity index (χ0v) is 18.0. The number of hydrogen-bond acceptors (Lipinski definition) is 4. The van der Waals surface area contributed by atoms with Crippen molar-refractivity contribution in [3.63, 3.8) is 0 Å². The fourth-order valence-electron chi connectivity index (χ4n) is 2.58. The maximum absolute atomic E-state index is 12.4. The fourth-order valence-corrected chi connectivity index (χ4v) is 4.70. The van der Waals surface area contributed by atoms with Gasteiger partial charge in [0, 0.05) is 13.1 Å². The summed E-state index contributed by atoms with van der Waals surface area (Å²) in [5, 5.41) is 12.1. The Morgan fingerprint density at radius 1 is 1.19 bits per heavy atom. The molecule has 26 heavy (non-hydrogen) atoms. The van der Waals surface area contributed by atoms with Crippen LogP contribution in [-0.4, -0.2) is 41.5 Å². The monoisotopic (exact) mass is 578 g/mol. The second-order valence-electron chi connectivity index (χ2n) is 5.83. The Morgan fingerprint density at radius 2 is 1.85 bits per heavy atom. The Labute approximate surface area is 178 Å². The molecule has 0 bridgehead atoms. The van der Waals surface area contributed by atoms with Crippen molar-refractivity contribution in [2.45, 2.75) is 6.42 Å². The molecule has 0 unspecified atom stereocenters. The Balaban J connectivity index is 1.73. The minimum atomic E-state index is -0.119. The summed E-state index contributed by atoms with van der Waals surface area (Å²) in [7, 11) is 0. The average molecular weight is 578 g/mol. The van der Waals surface area contributed by atoms with Gasteiger partial charge in [-0.05, 0) is 87.1 Å². The molecule has 2 amide bonds. The van der Waals surface area contributed by atoms with Crippen molar-refractivity contribution < 1.29 is 19.4 Å². The Bertz CT molecular complexity index is 817. The Hall–Kier alpha value is -1.56. The van der Waals surface area contributed by atoms with E-state index in [4.69, 9.17) is 4.74 Å². The number of hydrogen-bond donors (Lipinski definition) is 2. The van der Waals surface area contributed by atoms with Gasteiger partial charge in [0.15, 0.2) is 5.75 Å². The van der Waals surface area contributed by atoms with Gasteiger partial charge in [0.25, 0.3) is 0 Å². The first kappa shape index (κ1) is 19.2. The third-order valence-corrected chi connectivity index (χ3v) is 5.46. The minimum Gasteiger partial charge on any atom is -0.508 e. The van der Waals surface area contributed by atoms with Crippen LogP contribution in [0, 0.1) is 7.14 Å². The van der Waals surface area contributed by atoms with Crippen LogP contribution in [0.1, 0.15) is 5.56 Å². The van der Waals surface area contributed by atoms with Gasteiger partial charge in [0.1, 0.15) is 11.5 Å². The molecule has 2 aromatic rings. The summed E-state index contributed by atoms with van der Waals surface area (Å²) < 4.78 is 7.69. The van der Waals surface area contributed by atoms with Crippen molar-refractivity contribution in [1.29, 1.82) is 0 Å². The SMILES string of the molecule is O=C1CN(C(=O)Cc2cc(I)c(Oc3ccc(O)cc3)c(I)c2)CCN1. The topological polar surface area (TPSA) is 78.9 Å². The molecule has 1 heterocycles. The number of halogens is 2. The number of aromatic hydroxyl groups is 1. The normalized spacial score (nSPS) is 14.1. The van der Waals surface area contributed by atoms with E-state index < -0.39 is 0 Å². The number of ether oxygens (including phenoxy) is 1. The van der Waals surface area contributed by atoms with E-state index >= 15 is 0 Å². The number of piperazine rings is 1. The molecule has 1 saturated heterocycles. The summed E-state index contributed by atoms with van der Waals surface area (Å²) in [5.74, 6) is 1.35. The van der Waals surface area contributed by atoms with Gasteiger partial charge in [0.05, 0.1) is 20.1 Å². The minimum absolute atomic E-state index is 0.0568. The molecule has 0 atom stereocenters. The standard InChI is InChI=1S/C18H16I2N2O4/c19-14-7-11(9-17(25)22-6-5-21-16(24)10-22)8-15(20)18(14)26-13-3-1-12(23)2-4-13/h1-4,7-8,23H,5-6,9-10H2,(H,21,24). The number of benzene rings is 2. The lowest BCUT2D eigenvalue weighted by atomic mass is 10.1. The molecule has 3 rings (SSSR count). The molecule has 1 fully saturated rings. The first-order valence-corrected chi connectivity index (χ1v) is 10.1. The smallest absolute Gasteiger partial charge is 0.239 e. The van der Waals surface area contributed by atoms with Gasteiger partial charge in [-0.25, -0.2) is 0 Å². The molecule has 0 saturated carbocycles. The number of nitrogens with one attached hydrogen (secondary N) is 1. The summed E-state index contributed by atoms with van der Waals surface area (Å²) in [6.45, 7) is 1.16. The number of rotatable bonds is 4. The molecular formula is C18H16I2N2O4.